The zero-order chi connectivity index (χ0) is 22.3. The van der Waals surface area contributed by atoms with Gasteiger partial charge in [-0.15, -0.1) is 0 Å². The number of amides is 1. The normalized spacial score (nSPS) is 13.6. The van der Waals surface area contributed by atoms with Crippen LogP contribution in [-0.2, 0) is 4.79 Å². The number of aliphatic hydroxyl groups is 2. The molecular weight excluding hydrogens is 374 g/mol. The standard InChI is InChI=1S/C26H51NO3/c1-3-5-7-9-10-11-12-13-14-15-16-18-19-21-25(29)24(23-28)27-26(30)22-20-17-8-6-4-2/h19,21,24-25,28-29H,3-18,20,22-23H2,1-2H3,(H,27,30)/t24-,25+/m0/s1. The van der Waals surface area contributed by atoms with Crippen molar-refractivity contribution in [1.82, 2.24) is 5.32 Å². The lowest BCUT2D eigenvalue weighted by Crippen LogP contribution is -2.45. The van der Waals surface area contributed by atoms with Crippen molar-refractivity contribution in [1.29, 1.82) is 0 Å². The van der Waals surface area contributed by atoms with Crippen LogP contribution in [0.2, 0.25) is 0 Å². The van der Waals surface area contributed by atoms with Gasteiger partial charge in [-0.05, 0) is 19.3 Å². The molecule has 178 valence electrons. The first-order chi connectivity index (χ1) is 14.7. The van der Waals surface area contributed by atoms with Crippen LogP contribution in [0, 0.1) is 0 Å². The van der Waals surface area contributed by atoms with E-state index in [-0.39, 0.29) is 12.5 Å². The SMILES string of the molecule is CCCCCCCCCCCCCC=C[C@@H](O)[C@H](CO)NC(=O)CCCCCCC. The fraction of sp³-hybridized carbons (Fsp3) is 0.885. The number of aliphatic hydroxyl groups excluding tert-OH is 2. The van der Waals surface area contributed by atoms with Gasteiger partial charge >= 0.3 is 0 Å². The summed E-state index contributed by atoms with van der Waals surface area (Å²) in [5, 5.41) is 22.5. The molecule has 0 unspecified atom stereocenters. The molecule has 0 fully saturated rings. The lowest BCUT2D eigenvalue weighted by atomic mass is 10.0. The zero-order valence-electron chi connectivity index (χ0n) is 20.0. The van der Waals surface area contributed by atoms with Crippen LogP contribution < -0.4 is 5.32 Å². The molecule has 4 heteroatoms. The largest absolute Gasteiger partial charge is 0.394 e. The molecule has 0 aliphatic rings. The van der Waals surface area contributed by atoms with Gasteiger partial charge in [0.15, 0.2) is 0 Å². The van der Waals surface area contributed by atoms with Gasteiger partial charge in [0, 0.05) is 6.42 Å². The molecule has 2 atom stereocenters. The second-order valence-electron chi connectivity index (χ2n) is 8.76. The molecule has 1 amide bonds. The monoisotopic (exact) mass is 425 g/mol. The molecule has 0 radical (unpaired) electrons. The molecule has 0 bridgehead atoms. The van der Waals surface area contributed by atoms with Crippen molar-refractivity contribution in [3.05, 3.63) is 12.2 Å². The van der Waals surface area contributed by atoms with E-state index in [4.69, 9.17) is 0 Å². The minimum Gasteiger partial charge on any atom is -0.394 e. The van der Waals surface area contributed by atoms with Gasteiger partial charge in [-0.1, -0.05) is 116 Å². The summed E-state index contributed by atoms with van der Waals surface area (Å²) in [6.45, 7) is 4.19. The maximum Gasteiger partial charge on any atom is 0.220 e. The first-order valence-electron chi connectivity index (χ1n) is 12.9. The summed E-state index contributed by atoms with van der Waals surface area (Å²) < 4.78 is 0. The Morgan fingerprint density at radius 1 is 0.767 bits per heavy atom. The van der Waals surface area contributed by atoms with E-state index in [0.29, 0.717) is 6.42 Å². The molecule has 3 N–H and O–H groups in total. The summed E-state index contributed by atoms with van der Waals surface area (Å²) in [4.78, 5) is 12.0. The molecule has 0 heterocycles. The Morgan fingerprint density at radius 2 is 1.23 bits per heavy atom. The highest BCUT2D eigenvalue weighted by Gasteiger charge is 2.17. The molecule has 0 aliphatic carbocycles. The van der Waals surface area contributed by atoms with Gasteiger partial charge in [-0.3, -0.25) is 4.79 Å². The molecule has 0 saturated carbocycles. The number of carbonyl (C=O) groups excluding carboxylic acids is 1. The van der Waals surface area contributed by atoms with Crippen LogP contribution in [-0.4, -0.2) is 34.9 Å². The average molecular weight is 426 g/mol. The Morgan fingerprint density at radius 3 is 1.73 bits per heavy atom. The number of carbonyl (C=O) groups is 1. The number of hydrogen-bond donors (Lipinski definition) is 3. The molecule has 0 aromatic carbocycles. The lowest BCUT2D eigenvalue weighted by molar-refractivity contribution is -0.123. The molecule has 0 rings (SSSR count). The van der Waals surface area contributed by atoms with E-state index in [1.54, 1.807) is 6.08 Å². The summed E-state index contributed by atoms with van der Waals surface area (Å²) in [5.74, 6) is -0.0802. The fourth-order valence-electron chi connectivity index (χ4n) is 3.70. The molecule has 0 aromatic heterocycles. The molecule has 4 nitrogen and oxygen atoms in total. The van der Waals surface area contributed by atoms with Crippen molar-refractivity contribution < 1.29 is 15.0 Å². The summed E-state index contributed by atoms with van der Waals surface area (Å²) in [5.41, 5.74) is 0. The van der Waals surface area contributed by atoms with Crippen molar-refractivity contribution in [3.8, 4) is 0 Å². The Balaban J connectivity index is 3.69. The predicted molar refractivity (Wildman–Crippen MR) is 129 cm³/mol. The van der Waals surface area contributed by atoms with Crippen molar-refractivity contribution in [2.24, 2.45) is 0 Å². The van der Waals surface area contributed by atoms with E-state index in [9.17, 15) is 15.0 Å². The third kappa shape index (κ3) is 19.1. The summed E-state index contributed by atoms with van der Waals surface area (Å²) in [7, 11) is 0. The van der Waals surface area contributed by atoms with Gasteiger partial charge < -0.3 is 15.5 Å². The van der Waals surface area contributed by atoms with Crippen LogP contribution in [0.15, 0.2) is 12.2 Å². The number of unbranched alkanes of at least 4 members (excludes halogenated alkanes) is 15. The first kappa shape index (κ1) is 29.1. The maximum absolute atomic E-state index is 12.0. The number of hydrogen-bond acceptors (Lipinski definition) is 3. The summed E-state index contributed by atoms with van der Waals surface area (Å²) in [6, 6.07) is -0.610. The van der Waals surface area contributed by atoms with Gasteiger partial charge in [0.05, 0.1) is 18.8 Å². The van der Waals surface area contributed by atoms with Crippen molar-refractivity contribution >= 4 is 5.91 Å². The van der Waals surface area contributed by atoms with Gasteiger partial charge in [0.25, 0.3) is 0 Å². The van der Waals surface area contributed by atoms with Gasteiger partial charge in [-0.25, -0.2) is 0 Å². The van der Waals surface area contributed by atoms with E-state index < -0.39 is 12.1 Å². The van der Waals surface area contributed by atoms with Crippen molar-refractivity contribution in [2.45, 2.75) is 142 Å². The van der Waals surface area contributed by atoms with E-state index in [2.05, 4.69) is 19.2 Å². The third-order valence-electron chi connectivity index (χ3n) is 5.77. The molecule has 0 spiro atoms. The number of allylic oxidation sites excluding steroid dienone is 1. The van der Waals surface area contributed by atoms with E-state index in [0.717, 1.165) is 32.1 Å². The fourth-order valence-corrected chi connectivity index (χ4v) is 3.70. The maximum atomic E-state index is 12.0. The molecule has 0 aliphatic heterocycles. The van der Waals surface area contributed by atoms with Crippen LogP contribution in [0.25, 0.3) is 0 Å². The van der Waals surface area contributed by atoms with E-state index >= 15 is 0 Å². The summed E-state index contributed by atoms with van der Waals surface area (Å²) >= 11 is 0. The highest BCUT2D eigenvalue weighted by atomic mass is 16.3. The highest BCUT2D eigenvalue weighted by Crippen LogP contribution is 2.12. The van der Waals surface area contributed by atoms with Crippen LogP contribution in [0.5, 0.6) is 0 Å². The zero-order valence-corrected chi connectivity index (χ0v) is 20.0. The molecular formula is C26H51NO3. The van der Waals surface area contributed by atoms with Crippen LogP contribution in [0.1, 0.15) is 129 Å². The second-order valence-corrected chi connectivity index (χ2v) is 8.76. The van der Waals surface area contributed by atoms with Crippen LogP contribution >= 0.6 is 0 Å². The van der Waals surface area contributed by atoms with Crippen molar-refractivity contribution in [3.63, 3.8) is 0 Å². The highest BCUT2D eigenvalue weighted by molar-refractivity contribution is 5.76. The minimum absolute atomic E-state index is 0.0802. The Labute approximate surface area is 186 Å². The third-order valence-corrected chi connectivity index (χ3v) is 5.77. The average Bonchev–Trinajstić information content (AvgIpc) is 2.75. The van der Waals surface area contributed by atoms with Crippen LogP contribution in [0.3, 0.4) is 0 Å². The quantitative estimate of drug-likeness (QED) is 0.138. The Hall–Kier alpha value is -0.870. The first-order valence-corrected chi connectivity index (χ1v) is 12.9. The van der Waals surface area contributed by atoms with E-state index in [1.165, 1.54) is 77.0 Å². The van der Waals surface area contributed by atoms with Crippen molar-refractivity contribution in [2.75, 3.05) is 6.61 Å². The number of nitrogens with one attached hydrogen (secondary N) is 1. The summed E-state index contributed by atoms with van der Waals surface area (Å²) in [6.07, 6.45) is 24.4. The Bertz CT molecular complexity index is 398. The molecule has 30 heavy (non-hydrogen) atoms. The van der Waals surface area contributed by atoms with Gasteiger partial charge in [-0.2, -0.15) is 0 Å². The molecule has 0 saturated heterocycles. The second kappa shape index (κ2) is 22.8. The minimum atomic E-state index is -0.827. The van der Waals surface area contributed by atoms with Gasteiger partial charge in [0.2, 0.25) is 5.91 Å². The predicted octanol–water partition coefficient (Wildman–Crippen LogP) is 6.44. The smallest absolute Gasteiger partial charge is 0.220 e. The van der Waals surface area contributed by atoms with E-state index in [1.807, 2.05) is 6.08 Å². The van der Waals surface area contributed by atoms with Gasteiger partial charge in [0.1, 0.15) is 0 Å². The Kier molecular flexibility index (Phi) is 22.1. The van der Waals surface area contributed by atoms with Crippen LogP contribution in [0.4, 0.5) is 0 Å². The molecule has 0 aromatic rings. The number of rotatable bonds is 22. The lowest BCUT2D eigenvalue weighted by Gasteiger charge is -2.20. The topological polar surface area (TPSA) is 69.6 Å².